The number of quaternary nitrogens is 1. The van der Waals surface area contributed by atoms with Crippen LogP contribution in [0.25, 0.3) is 0 Å². The van der Waals surface area contributed by atoms with Gasteiger partial charge in [-0.25, -0.2) is 0 Å². The zero-order chi connectivity index (χ0) is 8.27. The van der Waals surface area contributed by atoms with Gasteiger partial charge in [0, 0.05) is 24.3 Å². The average Bonchev–Trinajstić information content (AvgIpc) is 2.05. The van der Waals surface area contributed by atoms with Gasteiger partial charge in [-0.05, 0) is 0 Å². The SMILES string of the molecule is [CH2-][NH2+]c1ccc([N+](=O)[O-])cc1. The molecule has 0 spiro atoms. The number of hydrogen-bond donors (Lipinski definition) is 1. The van der Waals surface area contributed by atoms with E-state index in [2.05, 4.69) is 7.05 Å². The predicted molar refractivity (Wildman–Crippen MR) is 40.0 cm³/mol. The predicted octanol–water partition coefficient (Wildman–Crippen LogP) is 0.581. The number of benzene rings is 1. The smallest absolute Gasteiger partial charge is 0.269 e. The fourth-order valence-corrected chi connectivity index (χ4v) is 0.732. The van der Waals surface area contributed by atoms with Crippen LogP contribution in [0.15, 0.2) is 24.3 Å². The van der Waals surface area contributed by atoms with Gasteiger partial charge in [0.05, 0.1) is 4.92 Å². The van der Waals surface area contributed by atoms with Gasteiger partial charge in [-0.1, -0.05) is 0 Å². The van der Waals surface area contributed by atoms with E-state index < -0.39 is 4.92 Å². The summed E-state index contributed by atoms with van der Waals surface area (Å²) in [6.07, 6.45) is 0. The van der Waals surface area contributed by atoms with Crippen molar-refractivity contribution in [1.82, 2.24) is 0 Å². The number of nitro benzene ring substituents is 1. The van der Waals surface area contributed by atoms with Crippen molar-refractivity contribution in [2.45, 2.75) is 0 Å². The van der Waals surface area contributed by atoms with Crippen LogP contribution in [0.3, 0.4) is 0 Å². The lowest BCUT2D eigenvalue weighted by atomic mass is 10.3. The number of nitrogens with zero attached hydrogens (tertiary/aromatic N) is 1. The lowest BCUT2D eigenvalue weighted by Crippen LogP contribution is -2.69. The molecule has 0 aliphatic heterocycles. The highest BCUT2D eigenvalue weighted by Crippen LogP contribution is 2.11. The standard InChI is InChI=1S/C7H8N2O2/c1-8-6-2-4-7(5-3-6)9(10)11/h2-5H,1,8H2. The molecule has 11 heavy (non-hydrogen) atoms. The van der Waals surface area contributed by atoms with E-state index >= 15 is 0 Å². The molecule has 0 aliphatic rings. The average molecular weight is 152 g/mol. The van der Waals surface area contributed by atoms with Crippen molar-refractivity contribution in [3.63, 3.8) is 0 Å². The van der Waals surface area contributed by atoms with Crippen LogP contribution >= 0.6 is 0 Å². The fourth-order valence-electron chi connectivity index (χ4n) is 0.732. The third-order valence-electron chi connectivity index (χ3n) is 1.34. The Bertz CT molecular complexity index is 256. The summed E-state index contributed by atoms with van der Waals surface area (Å²) in [7, 11) is 3.54. The van der Waals surface area contributed by atoms with Gasteiger partial charge >= 0.3 is 0 Å². The molecule has 0 unspecified atom stereocenters. The molecular weight excluding hydrogens is 144 g/mol. The van der Waals surface area contributed by atoms with Crippen molar-refractivity contribution in [2.75, 3.05) is 0 Å². The molecule has 2 N–H and O–H groups in total. The maximum absolute atomic E-state index is 10.2. The minimum Gasteiger partial charge on any atom is -0.446 e. The Labute approximate surface area is 64.0 Å². The van der Waals surface area contributed by atoms with E-state index in [0.29, 0.717) is 0 Å². The van der Waals surface area contributed by atoms with Crippen LogP contribution in [-0.2, 0) is 0 Å². The van der Waals surface area contributed by atoms with Crippen LogP contribution in [0.5, 0.6) is 0 Å². The van der Waals surface area contributed by atoms with Crippen LogP contribution in [0.4, 0.5) is 11.4 Å². The third-order valence-corrected chi connectivity index (χ3v) is 1.34. The molecule has 0 bridgehead atoms. The van der Waals surface area contributed by atoms with Crippen LogP contribution < -0.4 is 5.32 Å². The van der Waals surface area contributed by atoms with Crippen LogP contribution in [0, 0.1) is 17.2 Å². The molecule has 58 valence electrons. The minimum absolute atomic E-state index is 0.107. The second kappa shape index (κ2) is 3.12. The molecule has 0 fully saturated rings. The van der Waals surface area contributed by atoms with Gasteiger partial charge in [0.15, 0.2) is 0 Å². The first-order valence-corrected chi connectivity index (χ1v) is 3.11. The van der Waals surface area contributed by atoms with Crippen molar-refractivity contribution in [3.05, 3.63) is 41.4 Å². The van der Waals surface area contributed by atoms with Gasteiger partial charge in [0.2, 0.25) is 0 Å². The molecular formula is C7H8N2O2. The van der Waals surface area contributed by atoms with Gasteiger partial charge in [-0.3, -0.25) is 10.1 Å². The highest BCUT2D eigenvalue weighted by Gasteiger charge is 2.02. The maximum Gasteiger partial charge on any atom is 0.269 e. The van der Waals surface area contributed by atoms with Crippen molar-refractivity contribution < 1.29 is 10.2 Å². The summed E-state index contributed by atoms with van der Waals surface area (Å²) >= 11 is 0. The topological polar surface area (TPSA) is 59.8 Å². The van der Waals surface area contributed by atoms with Crippen molar-refractivity contribution in [1.29, 1.82) is 0 Å². The monoisotopic (exact) mass is 152 g/mol. The Morgan fingerprint density at radius 3 is 2.27 bits per heavy atom. The number of non-ortho nitro benzene ring substituents is 1. The number of nitro groups is 1. The second-order valence-electron chi connectivity index (χ2n) is 2.05. The molecule has 1 aromatic carbocycles. The molecule has 0 aliphatic carbocycles. The van der Waals surface area contributed by atoms with Gasteiger partial charge in [-0.15, -0.1) is 7.05 Å². The quantitative estimate of drug-likeness (QED) is 0.291. The Hall–Kier alpha value is -1.42. The van der Waals surface area contributed by atoms with E-state index in [1.807, 2.05) is 0 Å². The second-order valence-corrected chi connectivity index (χ2v) is 2.05. The van der Waals surface area contributed by atoms with Gasteiger partial charge in [0.25, 0.3) is 5.69 Å². The molecule has 0 aromatic heterocycles. The van der Waals surface area contributed by atoms with Crippen molar-refractivity contribution >= 4 is 11.4 Å². The molecule has 4 nitrogen and oxygen atoms in total. The van der Waals surface area contributed by atoms with Crippen molar-refractivity contribution in [3.8, 4) is 0 Å². The van der Waals surface area contributed by atoms with Crippen LogP contribution in [0.1, 0.15) is 0 Å². The highest BCUT2D eigenvalue weighted by atomic mass is 16.6. The molecule has 0 radical (unpaired) electrons. The summed E-state index contributed by atoms with van der Waals surface area (Å²) in [5, 5.41) is 11.8. The number of rotatable bonds is 2. The van der Waals surface area contributed by atoms with Gasteiger partial charge < -0.3 is 5.32 Å². The molecule has 0 saturated heterocycles. The molecule has 0 amide bonds. The fraction of sp³-hybridized carbons (Fsp3) is 0. The van der Waals surface area contributed by atoms with Crippen molar-refractivity contribution in [2.24, 2.45) is 0 Å². The molecule has 4 heteroatoms. The maximum atomic E-state index is 10.2. The first-order valence-electron chi connectivity index (χ1n) is 3.11. The van der Waals surface area contributed by atoms with Gasteiger partial charge in [-0.2, -0.15) is 0 Å². The Morgan fingerprint density at radius 2 is 1.91 bits per heavy atom. The lowest BCUT2D eigenvalue weighted by molar-refractivity contribution is -0.504. The van der Waals surface area contributed by atoms with Gasteiger partial charge in [0.1, 0.15) is 5.69 Å². The summed E-state index contributed by atoms with van der Waals surface area (Å²) < 4.78 is 0. The summed E-state index contributed by atoms with van der Waals surface area (Å²) in [4.78, 5) is 9.76. The molecule has 0 atom stereocenters. The Balaban J connectivity index is 2.91. The number of hydrogen-bond acceptors (Lipinski definition) is 2. The van der Waals surface area contributed by atoms with E-state index in [4.69, 9.17) is 0 Å². The summed E-state index contributed by atoms with van der Waals surface area (Å²) in [6.45, 7) is 0. The minimum atomic E-state index is -0.424. The Kier molecular flexibility index (Phi) is 2.18. The molecule has 0 heterocycles. The zero-order valence-corrected chi connectivity index (χ0v) is 5.86. The number of nitrogens with two attached hydrogens (primary N) is 1. The first-order chi connectivity index (χ1) is 5.24. The third kappa shape index (κ3) is 1.75. The lowest BCUT2D eigenvalue weighted by Gasteiger charge is -1.96. The summed E-state index contributed by atoms with van der Waals surface area (Å²) in [5.74, 6) is 0. The van der Waals surface area contributed by atoms with E-state index in [-0.39, 0.29) is 5.69 Å². The van der Waals surface area contributed by atoms with Crippen LogP contribution in [0.2, 0.25) is 0 Å². The van der Waals surface area contributed by atoms with E-state index in [1.54, 1.807) is 17.4 Å². The largest absolute Gasteiger partial charge is 0.446 e. The summed E-state index contributed by atoms with van der Waals surface area (Å²) in [5.41, 5.74) is 0.992. The van der Waals surface area contributed by atoms with E-state index in [9.17, 15) is 10.1 Å². The van der Waals surface area contributed by atoms with Crippen LogP contribution in [-0.4, -0.2) is 4.92 Å². The normalized spacial score (nSPS) is 9.55. The molecule has 0 saturated carbocycles. The highest BCUT2D eigenvalue weighted by molar-refractivity contribution is 5.39. The first kappa shape index (κ1) is 7.68. The zero-order valence-electron chi connectivity index (χ0n) is 5.86. The summed E-state index contributed by atoms with van der Waals surface area (Å²) in [6, 6.07) is 6.23. The Morgan fingerprint density at radius 1 is 1.36 bits per heavy atom. The molecule has 1 rings (SSSR count). The molecule has 1 aromatic rings. The van der Waals surface area contributed by atoms with E-state index in [1.165, 1.54) is 12.1 Å². The van der Waals surface area contributed by atoms with E-state index in [0.717, 1.165) is 5.69 Å².